The van der Waals surface area contributed by atoms with Crippen LogP contribution in [0.5, 0.6) is 0 Å². The number of hydrogen-bond donors (Lipinski definition) is 1. The Balaban J connectivity index is 1.53. The summed E-state index contributed by atoms with van der Waals surface area (Å²) in [6.45, 7) is 7.53. The van der Waals surface area contributed by atoms with Crippen LogP contribution in [0, 0.1) is 0 Å². The first kappa shape index (κ1) is 18.7. The van der Waals surface area contributed by atoms with Crippen LogP contribution in [0.1, 0.15) is 25.5 Å². The van der Waals surface area contributed by atoms with Crippen molar-refractivity contribution >= 4 is 23.2 Å². The molecule has 0 spiro atoms. The van der Waals surface area contributed by atoms with Gasteiger partial charge in [-0.15, -0.1) is 0 Å². The summed E-state index contributed by atoms with van der Waals surface area (Å²) in [7, 11) is 0. The van der Waals surface area contributed by atoms with Crippen LogP contribution in [0.15, 0.2) is 54.6 Å². The van der Waals surface area contributed by atoms with E-state index in [9.17, 15) is 4.79 Å². The summed E-state index contributed by atoms with van der Waals surface area (Å²) in [6, 6.07) is 17.9. The number of benzene rings is 2. The summed E-state index contributed by atoms with van der Waals surface area (Å²) in [5, 5.41) is 3.89. The van der Waals surface area contributed by atoms with Crippen LogP contribution in [0.4, 0.5) is 5.69 Å². The van der Waals surface area contributed by atoms with E-state index in [0.29, 0.717) is 0 Å². The first-order valence-electron chi connectivity index (χ1n) is 9.14. The molecule has 0 bridgehead atoms. The second kappa shape index (κ2) is 8.56. The summed E-state index contributed by atoms with van der Waals surface area (Å²) in [5.74, 6) is 0.0811. The maximum absolute atomic E-state index is 12.6. The van der Waals surface area contributed by atoms with E-state index in [1.165, 1.54) is 0 Å². The Morgan fingerprint density at radius 3 is 2.35 bits per heavy atom. The number of amides is 1. The average molecular weight is 372 g/mol. The minimum absolute atomic E-state index is 0.0129. The first-order valence-corrected chi connectivity index (χ1v) is 9.52. The third-order valence-corrected chi connectivity index (χ3v) is 5.31. The van der Waals surface area contributed by atoms with Crippen LogP contribution in [0.3, 0.4) is 0 Å². The minimum atomic E-state index is -0.136. The molecule has 3 rings (SSSR count). The van der Waals surface area contributed by atoms with Gasteiger partial charge in [-0.2, -0.15) is 0 Å². The van der Waals surface area contributed by atoms with E-state index < -0.39 is 0 Å². The Morgan fingerprint density at radius 1 is 1.00 bits per heavy atom. The minimum Gasteiger partial charge on any atom is -0.369 e. The number of piperazine rings is 1. The molecule has 2 aromatic rings. The van der Waals surface area contributed by atoms with E-state index in [1.807, 2.05) is 62.4 Å². The van der Waals surface area contributed by atoms with Gasteiger partial charge < -0.3 is 10.2 Å². The van der Waals surface area contributed by atoms with Crippen molar-refractivity contribution in [3.05, 3.63) is 65.2 Å². The summed E-state index contributed by atoms with van der Waals surface area (Å²) >= 11 is 6.09. The van der Waals surface area contributed by atoms with Crippen LogP contribution in [0.2, 0.25) is 5.02 Å². The lowest BCUT2D eigenvalue weighted by Crippen LogP contribution is -2.54. The zero-order chi connectivity index (χ0) is 18.5. The van der Waals surface area contributed by atoms with E-state index in [1.54, 1.807) is 0 Å². The standard InChI is InChI=1S/C21H26ClN3O/c1-16(18-7-4-3-5-8-18)23-21(26)17(2)24-11-13-25(14-12-24)20-10-6-9-19(22)15-20/h3-10,15-17H,11-14H2,1-2H3,(H,23,26)/t16-,17-/m1/s1. The molecule has 1 N–H and O–H groups in total. The van der Waals surface area contributed by atoms with Crippen LogP contribution in [0.25, 0.3) is 0 Å². The fourth-order valence-corrected chi connectivity index (χ4v) is 3.55. The molecule has 2 atom stereocenters. The molecular formula is C21H26ClN3O. The molecule has 2 aromatic carbocycles. The van der Waals surface area contributed by atoms with Gasteiger partial charge in [0.05, 0.1) is 12.1 Å². The van der Waals surface area contributed by atoms with Gasteiger partial charge in [0.25, 0.3) is 0 Å². The monoisotopic (exact) mass is 371 g/mol. The average Bonchev–Trinajstić information content (AvgIpc) is 2.68. The molecule has 0 aromatic heterocycles. The highest BCUT2D eigenvalue weighted by Crippen LogP contribution is 2.21. The maximum Gasteiger partial charge on any atom is 0.237 e. The summed E-state index contributed by atoms with van der Waals surface area (Å²) in [4.78, 5) is 17.2. The fourth-order valence-electron chi connectivity index (χ4n) is 3.37. The maximum atomic E-state index is 12.6. The van der Waals surface area contributed by atoms with Gasteiger partial charge in [-0.25, -0.2) is 0 Å². The van der Waals surface area contributed by atoms with Gasteiger partial charge in [0.2, 0.25) is 5.91 Å². The molecule has 0 saturated carbocycles. The van der Waals surface area contributed by atoms with Gasteiger partial charge in [0.1, 0.15) is 0 Å². The number of nitrogens with one attached hydrogen (secondary N) is 1. The smallest absolute Gasteiger partial charge is 0.237 e. The quantitative estimate of drug-likeness (QED) is 0.869. The number of carbonyl (C=O) groups excluding carboxylic acids is 1. The van der Waals surface area contributed by atoms with Crippen molar-refractivity contribution in [3.8, 4) is 0 Å². The predicted octanol–water partition coefficient (Wildman–Crippen LogP) is 3.73. The van der Waals surface area contributed by atoms with Crippen LogP contribution >= 0.6 is 11.6 Å². The Kier molecular flexibility index (Phi) is 6.17. The van der Waals surface area contributed by atoms with Gasteiger partial charge >= 0.3 is 0 Å². The SMILES string of the molecule is C[C@H](C(=O)N[C@H](C)c1ccccc1)N1CCN(c2cccc(Cl)c2)CC1. The van der Waals surface area contributed by atoms with Crippen molar-refractivity contribution < 1.29 is 4.79 Å². The predicted molar refractivity (Wildman–Crippen MR) is 108 cm³/mol. The Hall–Kier alpha value is -2.04. The van der Waals surface area contributed by atoms with E-state index >= 15 is 0 Å². The molecule has 0 radical (unpaired) electrons. The molecular weight excluding hydrogens is 346 g/mol. The number of rotatable bonds is 5. The van der Waals surface area contributed by atoms with E-state index in [2.05, 4.69) is 21.2 Å². The number of hydrogen-bond acceptors (Lipinski definition) is 3. The highest BCUT2D eigenvalue weighted by molar-refractivity contribution is 6.30. The van der Waals surface area contributed by atoms with Crippen molar-refractivity contribution in [1.29, 1.82) is 0 Å². The highest BCUT2D eigenvalue weighted by Gasteiger charge is 2.26. The van der Waals surface area contributed by atoms with Gasteiger partial charge in [0.15, 0.2) is 0 Å². The zero-order valence-electron chi connectivity index (χ0n) is 15.4. The van der Waals surface area contributed by atoms with Gasteiger partial charge in [-0.3, -0.25) is 9.69 Å². The number of halogens is 1. The molecule has 0 unspecified atom stereocenters. The van der Waals surface area contributed by atoms with Crippen molar-refractivity contribution in [3.63, 3.8) is 0 Å². The molecule has 1 heterocycles. The molecule has 1 aliphatic rings. The van der Waals surface area contributed by atoms with Gasteiger partial charge in [0, 0.05) is 36.9 Å². The second-order valence-electron chi connectivity index (χ2n) is 6.82. The van der Waals surface area contributed by atoms with Crippen LogP contribution in [-0.2, 0) is 4.79 Å². The third-order valence-electron chi connectivity index (χ3n) is 5.07. The van der Waals surface area contributed by atoms with E-state index in [-0.39, 0.29) is 18.0 Å². The largest absolute Gasteiger partial charge is 0.369 e. The topological polar surface area (TPSA) is 35.6 Å². The van der Waals surface area contributed by atoms with Gasteiger partial charge in [-0.1, -0.05) is 48.0 Å². The number of carbonyl (C=O) groups is 1. The molecule has 1 aliphatic heterocycles. The van der Waals surface area contributed by atoms with E-state index in [4.69, 9.17) is 11.6 Å². The number of anilines is 1. The van der Waals surface area contributed by atoms with E-state index in [0.717, 1.165) is 42.5 Å². The lowest BCUT2D eigenvalue weighted by molar-refractivity contribution is -0.126. The molecule has 1 amide bonds. The second-order valence-corrected chi connectivity index (χ2v) is 7.26. The van der Waals surface area contributed by atoms with Crippen LogP contribution < -0.4 is 10.2 Å². The van der Waals surface area contributed by atoms with Gasteiger partial charge in [-0.05, 0) is 37.6 Å². The first-order chi connectivity index (χ1) is 12.5. The molecule has 26 heavy (non-hydrogen) atoms. The van der Waals surface area contributed by atoms with Crippen molar-refractivity contribution in [2.45, 2.75) is 25.9 Å². The molecule has 138 valence electrons. The Bertz CT molecular complexity index is 729. The Labute approximate surface area is 160 Å². The van der Waals surface area contributed by atoms with Crippen molar-refractivity contribution in [1.82, 2.24) is 10.2 Å². The molecule has 0 aliphatic carbocycles. The molecule has 4 nitrogen and oxygen atoms in total. The molecule has 1 fully saturated rings. The fraction of sp³-hybridized carbons (Fsp3) is 0.381. The summed E-state index contributed by atoms with van der Waals surface area (Å²) in [6.07, 6.45) is 0. The number of nitrogens with zero attached hydrogens (tertiary/aromatic N) is 2. The van der Waals surface area contributed by atoms with Crippen LogP contribution in [-0.4, -0.2) is 43.0 Å². The highest BCUT2D eigenvalue weighted by atomic mass is 35.5. The van der Waals surface area contributed by atoms with Crippen molar-refractivity contribution in [2.75, 3.05) is 31.1 Å². The zero-order valence-corrected chi connectivity index (χ0v) is 16.1. The molecule has 1 saturated heterocycles. The Morgan fingerprint density at radius 2 is 1.69 bits per heavy atom. The molecule has 5 heteroatoms. The summed E-state index contributed by atoms with van der Waals surface area (Å²) in [5.41, 5.74) is 2.27. The lowest BCUT2D eigenvalue weighted by Gasteiger charge is -2.38. The third kappa shape index (κ3) is 4.57. The van der Waals surface area contributed by atoms with Crippen molar-refractivity contribution in [2.24, 2.45) is 0 Å². The lowest BCUT2D eigenvalue weighted by atomic mass is 10.1. The summed E-state index contributed by atoms with van der Waals surface area (Å²) < 4.78 is 0. The normalized spacial score (nSPS) is 17.6.